The molecule has 2 N–H and O–H groups in total. The lowest BCUT2D eigenvalue weighted by Crippen LogP contribution is -2.51. The van der Waals surface area contributed by atoms with Crippen LogP contribution in [0.2, 0.25) is 0 Å². The van der Waals surface area contributed by atoms with Crippen LogP contribution >= 0.6 is 0 Å². The molecule has 1 fully saturated rings. The number of nitrogens with zero attached hydrogens (tertiary/aromatic N) is 1. The minimum Gasteiger partial charge on any atom is -0.379 e. The van der Waals surface area contributed by atoms with Gasteiger partial charge in [-0.25, -0.2) is 8.42 Å². The molecule has 0 amide bonds. The van der Waals surface area contributed by atoms with Crippen molar-refractivity contribution in [3.05, 3.63) is 64.6 Å². The Bertz CT molecular complexity index is 937. The Labute approximate surface area is 159 Å². The fraction of sp³-hybridized carbons (Fsp3) is 0.450. The molecule has 0 aliphatic carbocycles. The first-order valence-corrected chi connectivity index (χ1v) is 10.7. The van der Waals surface area contributed by atoms with E-state index in [1.54, 1.807) is 42.6 Å². The molecule has 2 unspecified atom stereocenters. The summed E-state index contributed by atoms with van der Waals surface area (Å²) in [5.41, 5.74) is 0.724. The van der Waals surface area contributed by atoms with Crippen LogP contribution < -0.4 is 10.9 Å². The SMILES string of the molecule is Cc1ccc(S(=O)(=O)C2(Cn3ccccc3=O)CCCCNC(O)C2)cc1. The highest BCUT2D eigenvalue weighted by Gasteiger charge is 2.46. The lowest BCUT2D eigenvalue weighted by molar-refractivity contribution is 0.0994. The molecule has 2 heterocycles. The monoisotopic (exact) mass is 390 g/mol. The van der Waals surface area contributed by atoms with Gasteiger partial charge in [0.2, 0.25) is 0 Å². The maximum absolute atomic E-state index is 13.7. The van der Waals surface area contributed by atoms with Gasteiger partial charge in [-0.3, -0.25) is 10.1 Å². The van der Waals surface area contributed by atoms with Crippen molar-refractivity contribution in [2.45, 2.75) is 55.0 Å². The van der Waals surface area contributed by atoms with Gasteiger partial charge in [0.25, 0.3) is 5.56 Å². The molecule has 6 nitrogen and oxygen atoms in total. The number of benzene rings is 1. The summed E-state index contributed by atoms with van der Waals surface area (Å²) >= 11 is 0. The van der Waals surface area contributed by atoms with E-state index in [0.29, 0.717) is 19.4 Å². The highest BCUT2D eigenvalue weighted by atomic mass is 32.2. The third kappa shape index (κ3) is 4.15. The van der Waals surface area contributed by atoms with Crippen LogP contribution in [0.5, 0.6) is 0 Å². The Morgan fingerprint density at radius 1 is 1.19 bits per heavy atom. The Kier molecular flexibility index (Phi) is 5.83. The van der Waals surface area contributed by atoms with E-state index in [4.69, 9.17) is 0 Å². The summed E-state index contributed by atoms with van der Waals surface area (Å²) in [7, 11) is -3.79. The lowest BCUT2D eigenvalue weighted by atomic mass is 9.94. The van der Waals surface area contributed by atoms with Crippen LogP contribution in [0.1, 0.15) is 31.2 Å². The average molecular weight is 391 g/mol. The van der Waals surface area contributed by atoms with E-state index in [-0.39, 0.29) is 23.4 Å². The molecule has 0 spiro atoms. The molecule has 146 valence electrons. The summed E-state index contributed by atoms with van der Waals surface area (Å²) in [6.45, 7) is 2.56. The van der Waals surface area contributed by atoms with E-state index in [1.165, 1.54) is 10.6 Å². The van der Waals surface area contributed by atoms with Gasteiger partial charge in [-0.05, 0) is 44.5 Å². The quantitative estimate of drug-likeness (QED) is 0.832. The number of hydrogen-bond donors (Lipinski definition) is 2. The molecule has 1 saturated heterocycles. The van der Waals surface area contributed by atoms with Crippen LogP contribution in [0, 0.1) is 6.92 Å². The first-order chi connectivity index (χ1) is 12.8. The van der Waals surface area contributed by atoms with Crippen molar-refractivity contribution < 1.29 is 13.5 Å². The first-order valence-electron chi connectivity index (χ1n) is 9.22. The van der Waals surface area contributed by atoms with E-state index in [2.05, 4.69) is 5.32 Å². The summed E-state index contributed by atoms with van der Waals surface area (Å²) in [6, 6.07) is 11.5. The van der Waals surface area contributed by atoms with Gasteiger partial charge in [0.1, 0.15) is 6.23 Å². The van der Waals surface area contributed by atoms with Gasteiger partial charge in [-0.2, -0.15) is 0 Å². The standard InChI is InChI=1S/C20H26N2O4S/c1-16-7-9-17(10-8-16)27(25,26)20(11-3-4-12-21-18(23)14-20)15-22-13-5-2-6-19(22)24/h2,5-10,13,18,21,23H,3-4,11-12,14-15H2,1H3. The second-order valence-electron chi connectivity index (χ2n) is 7.30. The van der Waals surface area contributed by atoms with Gasteiger partial charge in [0, 0.05) is 25.2 Å². The van der Waals surface area contributed by atoms with E-state index in [9.17, 15) is 18.3 Å². The Hall–Kier alpha value is -1.96. The number of hydrogen-bond acceptors (Lipinski definition) is 5. The van der Waals surface area contributed by atoms with Crippen molar-refractivity contribution in [1.82, 2.24) is 9.88 Å². The molecule has 1 aliphatic heterocycles. The van der Waals surface area contributed by atoms with Crippen molar-refractivity contribution >= 4 is 9.84 Å². The third-order valence-corrected chi connectivity index (χ3v) is 7.80. The Morgan fingerprint density at radius 3 is 2.63 bits per heavy atom. The minimum absolute atomic E-state index is 0.0155. The van der Waals surface area contributed by atoms with Crippen molar-refractivity contribution in [2.24, 2.45) is 0 Å². The normalized spacial score (nSPS) is 24.1. The number of aryl methyl sites for hydroxylation is 1. The summed E-state index contributed by atoms with van der Waals surface area (Å²) in [5, 5.41) is 13.4. The number of pyridine rings is 1. The van der Waals surface area contributed by atoms with Gasteiger partial charge >= 0.3 is 0 Å². The molecule has 1 aliphatic rings. The Balaban J connectivity index is 2.12. The van der Waals surface area contributed by atoms with Crippen LogP contribution in [0.15, 0.2) is 58.4 Å². The maximum Gasteiger partial charge on any atom is 0.250 e. The van der Waals surface area contributed by atoms with Gasteiger partial charge < -0.3 is 9.67 Å². The predicted molar refractivity (Wildman–Crippen MR) is 104 cm³/mol. The molecule has 0 radical (unpaired) electrons. The molecule has 27 heavy (non-hydrogen) atoms. The van der Waals surface area contributed by atoms with Crippen molar-refractivity contribution in [3.8, 4) is 0 Å². The minimum atomic E-state index is -3.79. The highest BCUT2D eigenvalue weighted by molar-refractivity contribution is 7.92. The highest BCUT2D eigenvalue weighted by Crippen LogP contribution is 2.37. The predicted octanol–water partition coefficient (Wildman–Crippen LogP) is 1.85. The van der Waals surface area contributed by atoms with E-state index >= 15 is 0 Å². The van der Waals surface area contributed by atoms with Crippen LogP contribution in [0.25, 0.3) is 0 Å². The first kappa shape index (κ1) is 19.8. The fourth-order valence-corrected chi connectivity index (χ4v) is 5.80. The zero-order chi connectivity index (χ0) is 19.5. The lowest BCUT2D eigenvalue weighted by Gasteiger charge is -2.37. The Morgan fingerprint density at radius 2 is 1.93 bits per heavy atom. The second kappa shape index (κ2) is 7.96. The summed E-state index contributed by atoms with van der Waals surface area (Å²) in [5.74, 6) is 0. The number of sulfone groups is 1. The fourth-order valence-electron chi connectivity index (χ4n) is 3.71. The number of aliphatic hydroxyl groups is 1. The molecule has 0 saturated carbocycles. The molecule has 0 bridgehead atoms. The number of aromatic nitrogens is 1. The molecule has 1 aromatic carbocycles. The van der Waals surface area contributed by atoms with Gasteiger partial charge in [0.15, 0.2) is 9.84 Å². The second-order valence-corrected chi connectivity index (χ2v) is 9.64. The van der Waals surface area contributed by atoms with Crippen molar-refractivity contribution in [2.75, 3.05) is 6.54 Å². The third-order valence-electron chi connectivity index (χ3n) is 5.26. The molecular weight excluding hydrogens is 364 g/mol. The number of rotatable bonds is 4. The number of nitrogens with one attached hydrogen (secondary N) is 1. The molecule has 7 heteroatoms. The van der Waals surface area contributed by atoms with Gasteiger partial charge in [-0.15, -0.1) is 0 Å². The summed E-state index contributed by atoms with van der Waals surface area (Å²) in [4.78, 5) is 12.5. The average Bonchev–Trinajstić information content (AvgIpc) is 2.61. The van der Waals surface area contributed by atoms with Crippen molar-refractivity contribution in [1.29, 1.82) is 0 Å². The topological polar surface area (TPSA) is 88.4 Å². The summed E-state index contributed by atoms with van der Waals surface area (Å²) in [6.07, 6.45) is 2.56. The van der Waals surface area contributed by atoms with Crippen LogP contribution in [-0.4, -0.2) is 35.6 Å². The molecule has 3 rings (SSSR count). The zero-order valence-corrected chi connectivity index (χ0v) is 16.3. The smallest absolute Gasteiger partial charge is 0.250 e. The van der Waals surface area contributed by atoms with E-state index in [1.807, 2.05) is 6.92 Å². The number of aliphatic hydroxyl groups excluding tert-OH is 1. The molecule has 1 aromatic heterocycles. The van der Waals surface area contributed by atoms with E-state index < -0.39 is 20.8 Å². The summed E-state index contributed by atoms with van der Waals surface area (Å²) < 4.78 is 27.6. The molecule has 2 atom stereocenters. The largest absolute Gasteiger partial charge is 0.379 e. The van der Waals surface area contributed by atoms with Gasteiger partial charge in [-0.1, -0.05) is 30.2 Å². The van der Waals surface area contributed by atoms with Crippen LogP contribution in [-0.2, 0) is 16.4 Å². The van der Waals surface area contributed by atoms with Crippen LogP contribution in [0.3, 0.4) is 0 Å². The van der Waals surface area contributed by atoms with Crippen LogP contribution in [0.4, 0.5) is 0 Å². The molecule has 2 aromatic rings. The van der Waals surface area contributed by atoms with Crippen molar-refractivity contribution in [3.63, 3.8) is 0 Å². The van der Waals surface area contributed by atoms with Gasteiger partial charge in [0.05, 0.1) is 9.64 Å². The molecular formula is C20H26N2O4S. The zero-order valence-electron chi connectivity index (χ0n) is 15.5. The maximum atomic E-state index is 13.7. The van der Waals surface area contributed by atoms with E-state index in [0.717, 1.165) is 12.0 Å².